The average Bonchev–Trinajstić information content (AvgIpc) is 3.88. The number of nitrogens with zero attached hydrogens (tertiary/aromatic N) is 2. The maximum Gasteiger partial charge on any atom is 0.227 e. The molecule has 0 bridgehead atoms. The lowest BCUT2D eigenvalue weighted by molar-refractivity contribution is 0.620. The van der Waals surface area contributed by atoms with Gasteiger partial charge in [-0.1, -0.05) is 146 Å². The molecule has 268 valence electrons. The minimum atomic E-state index is 0.580. The Morgan fingerprint density at radius 2 is 0.982 bits per heavy atom. The van der Waals surface area contributed by atoms with Crippen molar-refractivity contribution in [3.05, 3.63) is 206 Å². The molecule has 4 nitrogen and oxygen atoms in total. The van der Waals surface area contributed by atoms with Gasteiger partial charge in [-0.15, -0.1) is 0 Å². The fourth-order valence-corrected chi connectivity index (χ4v) is 8.16. The number of aromatic nitrogens is 1. The second-order valence-electron chi connectivity index (χ2n) is 14.3. The van der Waals surface area contributed by atoms with Crippen LogP contribution in [-0.2, 0) is 0 Å². The lowest BCUT2D eigenvalue weighted by atomic mass is 9.97. The highest BCUT2D eigenvalue weighted by Crippen LogP contribution is 2.44. The predicted octanol–water partition coefficient (Wildman–Crippen LogP) is 15.0. The highest BCUT2D eigenvalue weighted by molar-refractivity contribution is 6.16. The summed E-state index contributed by atoms with van der Waals surface area (Å²) in [6, 6.07) is 72.3. The molecule has 2 aromatic heterocycles. The van der Waals surface area contributed by atoms with Gasteiger partial charge in [-0.25, -0.2) is 4.98 Å². The number of para-hydroxylation sites is 1. The van der Waals surface area contributed by atoms with Gasteiger partial charge < -0.3 is 13.7 Å². The molecule has 0 N–H and O–H groups in total. The highest BCUT2D eigenvalue weighted by Gasteiger charge is 2.22. The summed E-state index contributed by atoms with van der Waals surface area (Å²) in [4.78, 5) is 7.41. The van der Waals surface area contributed by atoms with Crippen molar-refractivity contribution in [3.8, 4) is 44.8 Å². The molecule has 9 aromatic carbocycles. The molecule has 0 unspecified atom stereocenters. The summed E-state index contributed by atoms with van der Waals surface area (Å²) in [5.74, 6) is 0.580. The SMILES string of the molecule is c1ccc(-c2cccc(N(c3ccc(-c4cccc5ccccc45)cc3)c3ccc(-c4c5nc(-c6ccccc6)oc5cc5c4oc4ccccc45)cc3)c2)cc1. The minimum absolute atomic E-state index is 0.580. The molecule has 11 aromatic rings. The maximum absolute atomic E-state index is 6.61. The second-order valence-corrected chi connectivity index (χ2v) is 14.3. The third-order valence-corrected chi connectivity index (χ3v) is 10.9. The summed E-state index contributed by atoms with van der Waals surface area (Å²) in [5, 5.41) is 4.52. The van der Waals surface area contributed by atoms with E-state index in [0.717, 1.165) is 72.4 Å². The summed E-state index contributed by atoms with van der Waals surface area (Å²) < 4.78 is 13.1. The summed E-state index contributed by atoms with van der Waals surface area (Å²) in [6.07, 6.45) is 0. The largest absolute Gasteiger partial charge is 0.455 e. The molecule has 2 heterocycles. The van der Waals surface area contributed by atoms with Gasteiger partial charge in [0.25, 0.3) is 0 Å². The number of hydrogen-bond acceptors (Lipinski definition) is 4. The van der Waals surface area contributed by atoms with Gasteiger partial charge in [0.1, 0.15) is 16.7 Å². The Balaban J connectivity index is 1.06. The van der Waals surface area contributed by atoms with Gasteiger partial charge in [-0.3, -0.25) is 0 Å². The van der Waals surface area contributed by atoms with Gasteiger partial charge in [0, 0.05) is 33.4 Å². The summed E-state index contributed by atoms with van der Waals surface area (Å²) in [5.41, 5.74) is 13.8. The van der Waals surface area contributed by atoms with Crippen molar-refractivity contribution in [2.75, 3.05) is 4.90 Å². The van der Waals surface area contributed by atoms with Crippen molar-refractivity contribution in [3.63, 3.8) is 0 Å². The Labute approximate surface area is 329 Å². The predicted molar refractivity (Wildman–Crippen MR) is 235 cm³/mol. The molecule has 0 spiro atoms. The first kappa shape index (κ1) is 32.7. The van der Waals surface area contributed by atoms with Crippen LogP contribution in [-0.4, -0.2) is 4.98 Å². The number of benzene rings is 9. The lowest BCUT2D eigenvalue weighted by Crippen LogP contribution is -2.10. The Morgan fingerprint density at radius 1 is 0.368 bits per heavy atom. The molecule has 0 aliphatic heterocycles. The van der Waals surface area contributed by atoms with Gasteiger partial charge in [-0.05, 0) is 99.3 Å². The van der Waals surface area contributed by atoms with E-state index in [9.17, 15) is 0 Å². The average molecular weight is 731 g/mol. The standard InChI is InChI=1S/C53H34N2O2/c1-3-13-35(14-4-1)40-19-11-20-43(33-40)55(41-29-25-37(26-30-41)45-23-12-18-36-15-7-8-21-44(36)45)42-31-27-38(28-32-42)50-51-49(57-53(54-51)39-16-5-2-6-17-39)34-47-46-22-9-10-24-48(46)56-52(47)50/h1-34H. The molecule has 0 radical (unpaired) electrons. The quantitative estimate of drug-likeness (QED) is 0.164. The Bertz CT molecular complexity index is 3210. The van der Waals surface area contributed by atoms with E-state index in [2.05, 4.69) is 163 Å². The van der Waals surface area contributed by atoms with Crippen LogP contribution in [0.5, 0.6) is 0 Å². The first-order valence-corrected chi connectivity index (χ1v) is 19.2. The number of oxazole rings is 1. The first-order valence-electron chi connectivity index (χ1n) is 19.2. The van der Waals surface area contributed by atoms with E-state index < -0.39 is 0 Å². The molecule has 4 heteroatoms. The van der Waals surface area contributed by atoms with Gasteiger partial charge in [0.05, 0.1) is 5.56 Å². The normalized spacial score (nSPS) is 11.5. The van der Waals surface area contributed by atoms with Crippen LogP contribution in [0.3, 0.4) is 0 Å². The summed E-state index contributed by atoms with van der Waals surface area (Å²) >= 11 is 0. The van der Waals surface area contributed by atoms with Crippen molar-refractivity contribution in [1.82, 2.24) is 4.98 Å². The first-order chi connectivity index (χ1) is 28.2. The van der Waals surface area contributed by atoms with E-state index in [1.54, 1.807) is 0 Å². The van der Waals surface area contributed by atoms with Crippen LogP contribution >= 0.6 is 0 Å². The smallest absolute Gasteiger partial charge is 0.227 e. The molecule has 11 rings (SSSR count). The molecule has 0 aliphatic rings. The van der Waals surface area contributed by atoms with Crippen molar-refractivity contribution in [2.24, 2.45) is 0 Å². The fourth-order valence-electron chi connectivity index (χ4n) is 8.16. The number of rotatable bonds is 7. The van der Waals surface area contributed by atoms with E-state index in [0.29, 0.717) is 5.89 Å². The van der Waals surface area contributed by atoms with E-state index in [4.69, 9.17) is 13.8 Å². The van der Waals surface area contributed by atoms with Gasteiger partial charge in [-0.2, -0.15) is 0 Å². The zero-order chi connectivity index (χ0) is 37.7. The number of hydrogen-bond donors (Lipinski definition) is 0. The molecule has 0 amide bonds. The van der Waals surface area contributed by atoms with E-state index >= 15 is 0 Å². The molecular formula is C53H34N2O2. The van der Waals surface area contributed by atoms with Crippen LogP contribution in [0.15, 0.2) is 215 Å². The third-order valence-electron chi connectivity index (χ3n) is 10.9. The zero-order valence-corrected chi connectivity index (χ0v) is 30.8. The van der Waals surface area contributed by atoms with Crippen molar-refractivity contribution >= 4 is 60.9 Å². The Morgan fingerprint density at radius 3 is 1.75 bits per heavy atom. The van der Waals surface area contributed by atoms with Crippen molar-refractivity contribution in [2.45, 2.75) is 0 Å². The lowest BCUT2D eigenvalue weighted by Gasteiger charge is -2.26. The number of furan rings is 1. The van der Waals surface area contributed by atoms with Crippen LogP contribution in [0.25, 0.3) is 88.6 Å². The van der Waals surface area contributed by atoms with Gasteiger partial charge >= 0.3 is 0 Å². The zero-order valence-electron chi connectivity index (χ0n) is 30.8. The molecule has 0 fully saturated rings. The maximum atomic E-state index is 6.61. The van der Waals surface area contributed by atoms with Gasteiger partial charge in [0.15, 0.2) is 5.58 Å². The molecule has 0 atom stereocenters. The minimum Gasteiger partial charge on any atom is -0.455 e. The van der Waals surface area contributed by atoms with E-state index in [1.807, 2.05) is 48.5 Å². The van der Waals surface area contributed by atoms with E-state index in [-0.39, 0.29) is 0 Å². The number of fused-ring (bicyclic) bond motifs is 5. The van der Waals surface area contributed by atoms with Crippen LogP contribution in [0, 0.1) is 0 Å². The third kappa shape index (κ3) is 5.74. The van der Waals surface area contributed by atoms with Crippen molar-refractivity contribution in [1.29, 1.82) is 0 Å². The summed E-state index contributed by atoms with van der Waals surface area (Å²) in [6.45, 7) is 0. The molecule has 0 saturated carbocycles. The van der Waals surface area contributed by atoms with Crippen LogP contribution in [0.4, 0.5) is 17.1 Å². The Kier molecular flexibility index (Phi) is 7.78. The van der Waals surface area contributed by atoms with Gasteiger partial charge in [0.2, 0.25) is 5.89 Å². The Hall–Kier alpha value is -7.69. The number of anilines is 3. The summed E-state index contributed by atoms with van der Waals surface area (Å²) in [7, 11) is 0. The van der Waals surface area contributed by atoms with Crippen molar-refractivity contribution < 1.29 is 8.83 Å². The van der Waals surface area contributed by atoms with Crippen LogP contribution < -0.4 is 4.90 Å². The fraction of sp³-hybridized carbons (Fsp3) is 0. The highest BCUT2D eigenvalue weighted by atomic mass is 16.4. The molecule has 0 saturated heterocycles. The molecular weight excluding hydrogens is 697 g/mol. The topological polar surface area (TPSA) is 42.4 Å². The monoisotopic (exact) mass is 730 g/mol. The molecule has 57 heavy (non-hydrogen) atoms. The van der Waals surface area contributed by atoms with Crippen LogP contribution in [0.2, 0.25) is 0 Å². The van der Waals surface area contributed by atoms with E-state index in [1.165, 1.54) is 27.5 Å². The second kappa shape index (κ2) is 13.6. The molecule has 0 aliphatic carbocycles. The van der Waals surface area contributed by atoms with Crippen LogP contribution in [0.1, 0.15) is 0 Å².